The Balaban J connectivity index is 2.56. The van der Waals surface area contributed by atoms with E-state index in [1.165, 1.54) is 7.11 Å². The molecule has 0 amide bonds. The highest BCUT2D eigenvalue weighted by Gasteiger charge is 2.35. The van der Waals surface area contributed by atoms with E-state index in [0.29, 0.717) is 0 Å². The Hall–Kier alpha value is -0.570. The molecule has 0 aromatic carbocycles. The maximum atomic E-state index is 11.2. The van der Waals surface area contributed by atoms with Crippen molar-refractivity contribution in [3.63, 3.8) is 0 Å². The molecule has 1 fully saturated rings. The summed E-state index contributed by atoms with van der Waals surface area (Å²) in [6.07, 6.45) is 2.00. The minimum atomic E-state index is -0.285. The van der Waals surface area contributed by atoms with E-state index in [1.807, 2.05) is 6.92 Å². The van der Waals surface area contributed by atoms with Crippen molar-refractivity contribution in [2.75, 3.05) is 20.2 Å². The van der Waals surface area contributed by atoms with Gasteiger partial charge in [0.15, 0.2) is 0 Å². The highest BCUT2D eigenvalue weighted by atomic mass is 16.5. The van der Waals surface area contributed by atoms with Crippen LogP contribution in [0.1, 0.15) is 19.8 Å². The van der Waals surface area contributed by atoms with Crippen molar-refractivity contribution in [1.29, 1.82) is 0 Å². The molecular formula is C8H15NO2. The van der Waals surface area contributed by atoms with Crippen molar-refractivity contribution < 1.29 is 9.53 Å². The van der Waals surface area contributed by atoms with Gasteiger partial charge in [0.2, 0.25) is 0 Å². The molecule has 1 aliphatic rings. The van der Waals surface area contributed by atoms with Gasteiger partial charge in [0.1, 0.15) is 0 Å². The number of hydrogen-bond donors (Lipinski definition) is 1. The molecule has 3 heteroatoms. The Kier molecular flexibility index (Phi) is 2.49. The van der Waals surface area contributed by atoms with E-state index in [2.05, 4.69) is 5.32 Å². The number of hydrogen-bond acceptors (Lipinski definition) is 3. The van der Waals surface area contributed by atoms with Gasteiger partial charge in [-0.1, -0.05) is 0 Å². The normalized spacial score (nSPS) is 31.5. The van der Waals surface area contributed by atoms with Crippen LogP contribution in [-0.4, -0.2) is 26.2 Å². The maximum Gasteiger partial charge on any atom is 0.312 e. The molecule has 64 valence electrons. The topological polar surface area (TPSA) is 38.3 Å². The Morgan fingerprint density at radius 3 is 2.82 bits per heavy atom. The molecule has 3 nitrogen and oxygen atoms in total. The molecule has 11 heavy (non-hydrogen) atoms. The number of methoxy groups -OCH3 is 1. The SMILES string of the molecule is COC(=O)C1(C)CCCNC1. The molecule has 1 aliphatic heterocycles. The summed E-state index contributed by atoms with van der Waals surface area (Å²) in [5.41, 5.74) is -0.285. The number of nitrogens with one attached hydrogen (secondary N) is 1. The van der Waals surface area contributed by atoms with E-state index in [1.54, 1.807) is 0 Å². The average molecular weight is 157 g/mol. The molecule has 1 rings (SSSR count). The molecule has 0 saturated carbocycles. The summed E-state index contributed by atoms with van der Waals surface area (Å²) in [4.78, 5) is 11.2. The van der Waals surface area contributed by atoms with Crippen LogP contribution in [0.4, 0.5) is 0 Å². The average Bonchev–Trinajstić information content (AvgIpc) is 2.04. The quantitative estimate of drug-likeness (QED) is 0.565. The van der Waals surface area contributed by atoms with E-state index < -0.39 is 0 Å². The van der Waals surface area contributed by atoms with E-state index in [0.717, 1.165) is 25.9 Å². The van der Waals surface area contributed by atoms with Crippen molar-refractivity contribution in [2.24, 2.45) is 5.41 Å². The molecule has 1 atom stereocenters. The van der Waals surface area contributed by atoms with Crippen LogP contribution < -0.4 is 5.32 Å². The van der Waals surface area contributed by atoms with Gasteiger partial charge in [-0.3, -0.25) is 4.79 Å². The minimum absolute atomic E-state index is 0.0929. The smallest absolute Gasteiger partial charge is 0.312 e. The van der Waals surface area contributed by atoms with Gasteiger partial charge in [-0.2, -0.15) is 0 Å². The number of carbonyl (C=O) groups excluding carboxylic acids is 1. The Morgan fingerprint density at radius 1 is 1.64 bits per heavy atom. The van der Waals surface area contributed by atoms with E-state index in [4.69, 9.17) is 4.74 Å². The van der Waals surface area contributed by atoms with Crippen molar-refractivity contribution >= 4 is 5.97 Å². The zero-order valence-corrected chi connectivity index (χ0v) is 7.14. The predicted octanol–water partition coefficient (Wildman–Crippen LogP) is 0.549. The van der Waals surface area contributed by atoms with Gasteiger partial charge < -0.3 is 10.1 Å². The first kappa shape index (κ1) is 8.53. The Morgan fingerprint density at radius 2 is 2.36 bits per heavy atom. The molecule has 1 unspecified atom stereocenters. The van der Waals surface area contributed by atoms with Gasteiger partial charge in [-0.15, -0.1) is 0 Å². The summed E-state index contributed by atoms with van der Waals surface area (Å²) in [6.45, 7) is 3.72. The zero-order chi connectivity index (χ0) is 8.32. The molecular weight excluding hydrogens is 142 g/mol. The van der Waals surface area contributed by atoms with Crippen LogP contribution in [0.15, 0.2) is 0 Å². The van der Waals surface area contributed by atoms with Crippen LogP contribution in [0.5, 0.6) is 0 Å². The van der Waals surface area contributed by atoms with Crippen molar-refractivity contribution in [3.05, 3.63) is 0 Å². The van der Waals surface area contributed by atoms with Crippen LogP contribution in [0.2, 0.25) is 0 Å². The van der Waals surface area contributed by atoms with Crippen LogP contribution >= 0.6 is 0 Å². The van der Waals surface area contributed by atoms with Crippen LogP contribution in [0, 0.1) is 5.41 Å². The second-order valence-corrected chi connectivity index (χ2v) is 3.33. The third kappa shape index (κ3) is 1.71. The standard InChI is InChI=1S/C8H15NO2/c1-8(7(10)11-2)4-3-5-9-6-8/h9H,3-6H2,1-2H3. The van der Waals surface area contributed by atoms with Crippen molar-refractivity contribution in [1.82, 2.24) is 5.32 Å². The summed E-state index contributed by atoms with van der Waals surface area (Å²) in [6, 6.07) is 0. The molecule has 1 saturated heterocycles. The lowest BCUT2D eigenvalue weighted by Gasteiger charge is -2.30. The second kappa shape index (κ2) is 3.22. The zero-order valence-electron chi connectivity index (χ0n) is 7.14. The number of carbonyl (C=O) groups is 1. The van der Waals surface area contributed by atoms with Crippen LogP contribution in [0.25, 0.3) is 0 Å². The molecule has 0 aromatic heterocycles. The highest BCUT2D eigenvalue weighted by molar-refractivity contribution is 5.76. The van der Waals surface area contributed by atoms with Gasteiger partial charge in [-0.05, 0) is 26.3 Å². The first-order valence-electron chi connectivity index (χ1n) is 3.98. The summed E-state index contributed by atoms with van der Waals surface area (Å²) in [5.74, 6) is -0.0929. The van der Waals surface area contributed by atoms with Crippen LogP contribution in [-0.2, 0) is 9.53 Å². The minimum Gasteiger partial charge on any atom is -0.469 e. The fourth-order valence-electron chi connectivity index (χ4n) is 1.48. The Bertz CT molecular complexity index is 150. The van der Waals surface area contributed by atoms with Gasteiger partial charge in [0.25, 0.3) is 0 Å². The maximum absolute atomic E-state index is 11.2. The number of piperidine rings is 1. The molecule has 0 aromatic rings. The summed E-state index contributed by atoms with van der Waals surface area (Å²) < 4.78 is 4.71. The van der Waals surface area contributed by atoms with Crippen molar-refractivity contribution in [2.45, 2.75) is 19.8 Å². The fraction of sp³-hybridized carbons (Fsp3) is 0.875. The lowest BCUT2D eigenvalue weighted by Crippen LogP contribution is -2.43. The van der Waals surface area contributed by atoms with Crippen LogP contribution in [0.3, 0.4) is 0 Å². The second-order valence-electron chi connectivity index (χ2n) is 3.33. The molecule has 0 bridgehead atoms. The monoisotopic (exact) mass is 157 g/mol. The summed E-state index contributed by atoms with van der Waals surface area (Å²) in [5, 5.41) is 3.19. The highest BCUT2D eigenvalue weighted by Crippen LogP contribution is 2.26. The summed E-state index contributed by atoms with van der Waals surface area (Å²) in [7, 11) is 1.45. The summed E-state index contributed by atoms with van der Waals surface area (Å²) >= 11 is 0. The Labute approximate surface area is 67.1 Å². The molecule has 1 heterocycles. The van der Waals surface area contributed by atoms with Gasteiger partial charge in [-0.25, -0.2) is 0 Å². The van der Waals surface area contributed by atoms with E-state index in [-0.39, 0.29) is 11.4 Å². The number of rotatable bonds is 1. The van der Waals surface area contributed by atoms with Gasteiger partial charge in [0, 0.05) is 6.54 Å². The molecule has 0 spiro atoms. The lowest BCUT2D eigenvalue weighted by molar-refractivity contribution is -0.152. The number of ether oxygens (including phenoxy) is 1. The largest absolute Gasteiger partial charge is 0.469 e. The van der Waals surface area contributed by atoms with Gasteiger partial charge in [0.05, 0.1) is 12.5 Å². The van der Waals surface area contributed by atoms with E-state index in [9.17, 15) is 4.79 Å². The number of esters is 1. The lowest BCUT2D eigenvalue weighted by atomic mass is 9.83. The third-order valence-electron chi connectivity index (χ3n) is 2.28. The predicted molar refractivity (Wildman–Crippen MR) is 42.2 cm³/mol. The van der Waals surface area contributed by atoms with Gasteiger partial charge >= 0.3 is 5.97 Å². The molecule has 1 N–H and O–H groups in total. The molecule has 0 radical (unpaired) electrons. The molecule has 0 aliphatic carbocycles. The first-order chi connectivity index (χ1) is 5.19. The van der Waals surface area contributed by atoms with E-state index >= 15 is 0 Å². The first-order valence-corrected chi connectivity index (χ1v) is 3.98. The fourth-order valence-corrected chi connectivity index (χ4v) is 1.48. The third-order valence-corrected chi connectivity index (χ3v) is 2.28. The van der Waals surface area contributed by atoms with Crippen molar-refractivity contribution in [3.8, 4) is 0 Å².